The second-order valence-corrected chi connectivity index (χ2v) is 5.80. The molecule has 1 aliphatic rings. The first-order valence-corrected chi connectivity index (χ1v) is 7.06. The van der Waals surface area contributed by atoms with E-state index in [9.17, 15) is 4.79 Å². The molecule has 1 aromatic heterocycles. The van der Waals surface area contributed by atoms with Crippen LogP contribution < -0.4 is 10.9 Å². The van der Waals surface area contributed by atoms with Crippen LogP contribution in [0, 0.1) is 5.92 Å². The average molecular weight is 285 g/mol. The van der Waals surface area contributed by atoms with Gasteiger partial charge in [-0.15, -0.1) is 0 Å². The molecule has 6 heteroatoms. The second kappa shape index (κ2) is 5.92. The van der Waals surface area contributed by atoms with Gasteiger partial charge in [-0.05, 0) is 32.7 Å². The molecule has 19 heavy (non-hydrogen) atoms. The summed E-state index contributed by atoms with van der Waals surface area (Å²) in [5.74, 6) is 0.600. The molecular weight excluding hydrogens is 264 g/mol. The number of anilines is 1. The van der Waals surface area contributed by atoms with Gasteiger partial charge in [0.25, 0.3) is 5.56 Å². The molecule has 1 fully saturated rings. The molecule has 0 spiro atoms. The summed E-state index contributed by atoms with van der Waals surface area (Å²) in [6, 6.07) is 0.597. The molecule has 1 aliphatic heterocycles. The lowest BCUT2D eigenvalue weighted by atomic mass is 10.1. The van der Waals surface area contributed by atoms with E-state index in [-0.39, 0.29) is 10.6 Å². The van der Waals surface area contributed by atoms with Crippen molar-refractivity contribution in [2.75, 3.05) is 25.0 Å². The van der Waals surface area contributed by atoms with Crippen molar-refractivity contribution >= 4 is 17.3 Å². The SMILES string of the molecule is CC(C)N1CCC(CNc2cnn(C)c(=O)c2Cl)C1. The van der Waals surface area contributed by atoms with Gasteiger partial charge in [-0.25, -0.2) is 4.68 Å². The highest BCUT2D eigenvalue weighted by atomic mass is 35.5. The Balaban J connectivity index is 1.94. The van der Waals surface area contributed by atoms with Gasteiger partial charge in [0.1, 0.15) is 5.02 Å². The van der Waals surface area contributed by atoms with Crippen molar-refractivity contribution in [3.8, 4) is 0 Å². The molecule has 0 bridgehead atoms. The Labute approximate surface area is 118 Å². The lowest BCUT2D eigenvalue weighted by Gasteiger charge is -2.20. The summed E-state index contributed by atoms with van der Waals surface area (Å²) in [6.45, 7) is 7.51. The van der Waals surface area contributed by atoms with Gasteiger partial charge in [-0.3, -0.25) is 4.79 Å². The molecule has 1 saturated heterocycles. The van der Waals surface area contributed by atoms with Crippen molar-refractivity contribution in [2.24, 2.45) is 13.0 Å². The highest BCUT2D eigenvalue weighted by Gasteiger charge is 2.24. The van der Waals surface area contributed by atoms with E-state index in [0.717, 1.165) is 19.6 Å². The van der Waals surface area contributed by atoms with Crippen LogP contribution in [0.25, 0.3) is 0 Å². The number of hydrogen-bond donors (Lipinski definition) is 1. The molecule has 2 rings (SSSR count). The van der Waals surface area contributed by atoms with Crippen LogP contribution in [0.15, 0.2) is 11.0 Å². The van der Waals surface area contributed by atoms with E-state index in [1.54, 1.807) is 13.2 Å². The molecular formula is C13H21ClN4O. The normalized spacial score (nSPS) is 20.2. The van der Waals surface area contributed by atoms with Crippen molar-refractivity contribution in [2.45, 2.75) is 26.3 Å². The third-order valence-corrected chi connectivity index (χ3v) is 4.07. The average Bonchev–Trinajstić information content (AvgIpc) is 2.84. The molecule has 1 aromatic rings. The maximum absolute atomic E-state index is 11.6. The zero-order valence-corrected chi connectivity index (χ0v) is 12.4. The summed E-state index contributed by atoms with van der Waals surface area (Å²) in [4.78, 5) is 14.1. The highest BCUT2D eigenvalue weighted by molar-refractivity contribution is 6.32. The fourth-order valence-corrected chi connectivity index (χ4v) is 2.62. The standard InChI is InChI=1S/C13H21ClN4O/c1-9(2)18-5-4-10(8-18)6-15-11-7-16-17(3)13(19)12(11)14/h7,9-10,15H,4-6,8H2,1-3H3. The zero-order valence-electron chi connectivity index (χ0n) is 11.7. The minimum atomic E-state index is -0.262. The third kappa shape index (κ3) is 3.28. The summed E-state index contributed by atoms with van der Waals surface area (Å²) in [5, 5.41) is 7.44. The van der Waals surface area contributed by atoms with Gasteiger partial charge in [0, 0.05) is 26.2 Å². The molecule has 5 nitrogen and oxygen atoms in total. The summed E-state index contributed by atoms with van der Waals surface area (Å²) < 4.78 is 1.24. The first kappa shape index (κ1) is 14.3. The number of hydrogen-bond acceptors (Lipinski definition) is 4. The van der Waals surface area contributed by atoms with Crippen LogP contribution in [0.4, 0.5) is 5.69 Å². The molecule has 0 radical (unpaired) electrons. The van der Waals surface area contributed by atoms with Crippen molar-refractivity contribution in [1.29, 1.82) is 0 Å². The largest absolute Gasteiger partial charge is 0.382 e. The number of nitrogens with zero attached hydrogens (tertiary/aromatic N) is 3. The molecule has 1 N–H and O–H groups in total. The van der Waals surface area contributed by atoms with Crippen LogP contribution in [-0.2, 0) is 7.05 Å². The molecule has 106 valence electrons. The molecule has 1 unspecified atom stereocenters. The number of halogens is 1. The molecule has 0 aromatic carbocycles. The fraction of sp³-hybridized carbons (Fsp3) is 0.692. The van der Waals surface area contributed by atoms with E-state index in [1.807, 2.05) is 0 Å². The summed E-state index contributed by atoms with van der Waals surface area (Å²) in [6.07, 6.45) is 2.79. The zero-order chi connectivity index (χ0) is 14.0. The predicted molar refractivity (Wildman–Crippen MR) is 77.8 cm³/mol. The maximum atomic E-state index is 11.6. The van der Waals surface area contributed by atoms with Gasteiger partial charge in [-0.1, -0.05) is 11.6 Å². The minimum Gasteiger partial charge on any atom is -0.382 e. The Morgan fingerprint density at radius 2 is 2.32 bits per heavy atom. The van der Waals surface area contributed by atoms with Crippen molar-refractivity contribution in [3.63, 3.8) is 0 Å². The van der Waals surface area contributed by atoms with Gasteiger partial charge < -0.3 is 10.2 Å². The Morgan fingerprint density at radius 1 is 1.58 bits per heavy atom. The lowest BCUT2D eigenvalue weighted by Crippen LogP contribution is -2.29. The fourth-order valence-electron chi connectivity index (χ4n) is 2.39. The number of aromatic nitrogens is 2. The van der Waals surface area contributed by atoms with Crippen LogP contribution in [0.5, 0.6) is 0 Å². The number of likely N-dealkylation sites (tertiary alicyclic amines) is 1. The van der Waals surface area contributed by atoms with Crippen molar-refractivity contribution in [1.82, 2.24) is 14.7 Å². The topological polar surface area (TPSA) is 50.2 Å². The molecule has 0 saturated carbocycles. The first-order valence-electron chi connectivity index (χ1n) is 6.68. The maximum Gasteiger partial charge on any atom is 0.287 e. The molecule has 2 heterocycles. The predicted octanol–water partition coefficient (Wildman–Crippen LogP) is 1.58. The third-order valence-electron chi connectivity index (χ3n) is 3.71. The van der Waals surface area contributed by atoms with Crippen molar-refractivity contribution in [3.05, 3.63) is 21.6 Å². The quantitative estimate of drug-likeness (QED) is 0.912. The smallest absolute Gasteiger partial charge is 0.287 e. The Morgan fingerprint density at radius 3 is 2.95 bits per heavy atom. The van der Waals surface area contributed by atoms with Crippen LogP contribution in [0.3, 0.4) is 0 Å². The lowest BCUT2D eigenvalue weighted by molar-refractivity contribution is 0.266. The Hall–Kier alpha value is -1.07. The van der Waals surface area contributed by atoms with E-state index in [1.165, 1.54) is 11.1 Å². The minimum absolute atomic E-state index is 0.219. The second-order valence-electron chi connectivity index (χ2n) is 5.43. The molecule has 0 aliphatic carbocycles. The van der Waals surface area contributed by atoms with Crippen LogP contribution in [0.1, 0.15) is 20.3 Å². The summed E-state index contributed by atoms with van der Waals surface area (Å²) in [5.41, 5.74) is 0.370. The van der Waals surface area contributed by atoms with Gasteiger partial charge in [-0.2, -0.15) is 5.10 Å². The summed E-state index contributed by atoms with van der Waals surface area (Å²) in [7, 11) is 1.59. The number of nitrogens with one attached hydrogen (secondary N) is 1. The highest BCUT2D eigenvalue weighted by Crippen LogP contribution is 2.21. The summed E-state index contributed by atoms with van der Waals surface area (Å²) >= 11 is 6.02. The van der Waals surface area contributed by atoms with E-state index in [0.29, 0.717) is 17.6 Å². The van der Waals surface area contributed by atoms with E-state index in [2.05, 4.69) is 29.2 Å². The Kier molecular flexibility index (Phi) is 4.47. The number of rotatable bonds is 4. The molecule has 0 amide bonds. The van der Waals surface area contributed by atoms with E-state index < -0.39 is 0 Å². The first-order chi connectivity index (χ1) is 8.99. The Bertz CT molecular complexity index is 500. The van der Waals surface area contributed by atoms with Crippen LogP contribution in [0.2, 0.25) is 5.02 Å². The van der Waals surface area contributed by atoms with Gasteiger partial charge >= 0.3 is 0 Å². The van der Waals surface area contributed by atoms with Crippen LogP contribution >= 0.6 is 11.6 Å². The van der Waals surface area contributed by atoms with E-state index in [4.69, 9.17) is 11.6 Å². The van der Waals surface area contributed by atoms with Gasteiger partial charge in [0.05, 0.1) is 11.9 Å². The van der Waals surface area contributed by atoms with Crippen molar-refractivity contribution < 1.29 is 0 Å². The van der Waals surface area contributed by atoms with E-state index >= 15 is 0 Å². The monoisotopic (exact) mass is 284 g/mol. The van der Waals surface area contributed by atoms with Crippen LogP contribution in [-0.4, -0.2) is 40.4 Å². The van der Waals surface area contributed by atoms with Gasteiger partial charge in [0.2, 0.25) is 0 Å². The molecule has 1 atom stereocenters. The van der Waals surface area contributed by atoms with Gasteiger partial charge in [0.15, 0.2) is 0 Å². The number of aryl methyl sites for hydroxylation is 1.